The van der Waals surface area contributed by atoms with Gasteiger partial charge in [0.05, 0.1) is 11.3 Å². The Bertz CT molecular complexity index is 1880. The highest BCUT2D eigenvalue weighted by Crippen LogP contribution is 2.40. The first-order valence-electron chi connectivity index (χ1n) is 14.8. The topological polar surface area (TPSA) is 86.7 Å². The number of carbonyl (C=O) groups is 4. The quantitative estimate of drug-likeness (QED) is 0.201. The molecule has 44 heavy (non-hydrogen) atoms. The highest BCUT2D eigenvalue weighted by molar-refractivity contribution is 6.29. The van der Waals surface area contributed by atoms with Crippen LogP contribution >= 0.6 is 0 Å². The van der Waals surface area contributed by atoms with Crippen LogP contribution in [0.4, 0.5) is 0 Å². The van der Waals surface area contributed by atoms with Crippen LogP contribution in [0.25, 0.3) is 0 Å². The molecule has 4 aromatic carbocycles. The normalized spacial score (nSPS) is 17.2. The van der Waals surface area contributed by atoms with Gasteiger partial charge in [0.15, 0.2) is 23.1 Å². The van der Waals surface area contributed by atoms with E-state index in [9.17, 15) is 19.2 Å². The van der Waals surface area contributed by atoms with Gasteiger partial charge in [-0.25, -0.2) is 0 Å². The Morgan fingerprint density at radius 1 is 0.591 bits per heavy atom. The van der Waals surface area contributed by atoms with Crippen molar-refractivity contribution in [2.45, 2.75) is 47.0 Å². The van der Waals surface area contributed by atoms with Gasteiger partial charge in [0.25, 0.3) is 0 Å². The van der Waals surface area contributed by atoms with Gasteiger partial charge in [0, 0.05) is 27.7 Å². The fourth-order valence-corrected chi connectivity index (χ4v) is 6.15. The van der Waals surface area contributed by atoms with Crippen LogP contribution < -0.4 is 9.47 Å². The second-order valence-electron chi connectivity index (χ2n) is 13.0. The zero-order valence-corrected chi connectivity index (χ0v) is 25.7. The lowest BCUT2D eigenvalue weighted by Crippen LogP contribution is -2.25. The molecule has 0 saturated carbocycles. The van der Waals surface area contributed by atoms with Gasteiger partial charge in [-0.2, -0.15) is 0 Å². The summed E-state index contributed by atoms with van der Waals surface area (Å²) in [5, 5.41) is 0. The highest BCUT2D eigenvalue weighted by atomic mass is 16.5. The van der Waals surface area contributed by atoms with Gasteiger partial charge < -0.3 is 9.47 Å². The van der Waals surface area contributed by atoms with Crippen molar-refractivity contribution in [3.05, 3.63) is 118 Å². The van der Waals surface area contributed by atoms with Crippen molar-refractivity contribution in [3.63, 3.8) is 0 Å². The Morgan fingerprint density at radius 3 is 1.59 bits per heavy atom. The molecule has 0 heterocycles. The van der Waals surface area contributed by atoms with Crippen molar-refractivity contribution in [1.29, 1.82) is 0 Å². The molecule has 4 aromatic rings. The molecule has 0 aromatic heterocycles. The average Bonchev–Trinajstić information content (AvgIpc) is 3.34. The number of benzene rings is 4. The summed E-state index contributed by atoms with van der Waals surface area (Å²) in [6.45, 7) is 11.3. The molecule has 0 bridgehead atoms. The largest absolute Gasteiger partial charge is 0.457 e. The molecule has 6 rings (SSSR count). The average molecular weight is 587 g/mol. The van der Waals surface area contributed by atoms with Gasteiger partial charge in [0.2, 0.25) is 0 Å². The summed E-state index contributed by atoms with van der Waals surface area (Å²) >= 11 is 0. The van der Waals surface area contributed by atoms with Crippen molar-refractivity contribution in [2.75, 3.05) is 0 Å². The van der Waals surface area contributed by atoms with Crippen molar-refractivity contribution in [1.82, 2.24) is 0 Å². The van der Waals surface area contributed by atoms with Crippen LogP contribution in [0.5, 0.6) is 23.0 Å². The molecule has 222 valence electrons. The lowest BCUT2D eigenvalue weighted by molar-refractivity contribution is 0.0742. The Morgan fingerprint density at radius 2 is 1.05 bits per heavy atom. The highest BCUT2D eigenvalue weighted by Gasteiger charge is 2.45. The molecule has 0 spiro atoms. The number of Topliss-reactive ketones (excluding diaryl/α,β-unsaturated/α-hetero) is 4. The Balaban J connectivity index is 1.23. The van der Waals surface area contributed by atoms with Crippen LogP contribution in [0.15, 0.2) is 84.9 Å². The van der Waals surface area contributed by atoms with Gasteiger partial charge in [0.1, 0.15) is 23.0 Å². The van der Waals surface area contributed by atoms with Gasteiger partial charge in [-0.15, -0.1) is 0 Å². The number of ketones is 4. The fourth-order valence-electron chi connectivity index (χ4n) is 6.15. The van der Waals surface area contributed by atoms with E-state index in [1.54, 1.807) is 50.2 Å². The van der Waals surface area contributed by atoms with Crippen molar-refractivity contribution < 1.29 is 28.7 Å². The summed E-state index contributed by atoms with van der Waals surface area (Å²) in [5.41, 5.74) is 2.22. The third kappa shape index (κ3) is 4.75. The smallest absolute Gasteiger partial charge is 0.177 e. The third-order valence-corrected chi connectivity index (χ3v) is 8.95. The minimum absolute atomic E-state index is 0.0646. The van der Waals surface area contributed by atoms with E-state index in [4.69, 9.17) is 9.47 Å². The maximum Gasteiger partial charge on any atom is 0.177 e. The Hall–Kier alpha value is -4.84. The van der Waals surface area contributed by atoms with E-state index >= 15 is 0 Å². The van der Waals surface area contributed by atoms with Crippen molar-refractivity contribution in [2.24, 2.45) is 17.3 Å². The second-order valence-corrected chi connectivity index (χ2v) is 13.0. The van der Waals surface area contributed by atoms with Crippen LogP contribution in [0.1, 0.15) is 94.1 Å². The summed E-state index contributed by atoms with van der Waals surface area (Å²) in [6.07, 6.45) is 0. The fraction of sp³-hybridized carbons (Fsp3) is 0.263. The zero-order chi connectivity index (χ0) is 31.6. The molecule has 0 radical (unpaired) electrons. The first-order valence-corrected chi connectivity index (χ1v) is 14.8. The molecular formula is C38H34O6. The molecule has 0 fully saturated rings. The lowest BCUT2D eigenvalue weighted by Gasteiger charge is -2.27. The number of carbonyl (C=O) groups excluding carboxylic acids is 4. The monoisotopic (exact) mass is 586 g/mol. The first kappa shape index (κ1) is 29.2. The maximum atomic E-state index is 12.9. The standard InChI is InChI=1S/C38H34O6/c1-21(2)32-33(39)28-15-13-26(19-30(28)34(32)40)43-24-11-7-9-22(17-24)37(3,4)23-10-8-12-25(18-23)44-27-14-16-29-31(20-27)36(42)38(5,6)35(29)41/h7-21,32H,1-6H3. The lowest BCUT2D eigenvalue weighted by atomic mass is 9.78. The van der Waals surface area contributed by atoms with Crippen LogP contribution in [-0.2, 0) is 5.41 Å². The van der Waals surface area contributed by atoms with Gasteiger partial charge in [-0.05, 0) is 91.6 Å². The number of hydrogen-bond acceptors (Lipinski definition) is 6. The molecule has 0 saturated heterocycles. The minimum atomic E-state index is -1.06. The van der Waals surface area contributed by atoms with Crippen molar-refractivity contribution >= 4 is 23.1 Å². The maximum absolute atomic E-state index is 12.9. The molecule has 6 nitrogen and oxygen atoms in total. The molecule has 0 amide bonds. The van der Waals surface area contributed by atoms with E-state index in [2.05, 4.69) is 13.8 Å². The number of hydrogen-bond donors (Lipinski definition) is 0. The molecule has 1 atom stereocenters. The van der Waals surface area contributed by atoms with E-state index in [1.165, 1.54) is 0 Å². The first-order chi connectivity index (χ1) is 20.8. The number of fused-ring (bicyclic) bond motifs is 2. The van der Waals surface area contributed by atoms with E-state index in [0.717, 1.165) is 11.1 Å². The van der Waals surface area contributed by atoms with Crippen molar-refractivity contribution in [3.8, 4) is 23.0 Å². The predicted molar refractivity (Wildman–Crippen MR) is 167 cm³/mol. The SMILES string of the molecule is CC(C)C1C(=O)c2ccc(Oc3cccc(C(C)(C)c4cccc(Oc5ccc6c(c5)C(=O)C(C)(C)C6=O)c4)c3)cc2C1=O. The van der Waals surface area contributed by atoms with E-state index < -0.39 is 16.7 Å². The number of rotatable bonds is 7. The van der Waals surface area contributed by atoms with Gasteiger partial charge in [-0.1, -0.05) is 52.0 Å². The zero-order valence-electron chi connectivity index (χ0n) is 25.7. The van der Waals surface area contributed by atoms with Crippen LogP contribution in [-0.4, -0.2) is 23.1 Å². The third-order valence-electron chi connectivity index (χ3n) is 8.95. The Kier molecular flexibility index (Phi) is 6.92. The summed E-state index contributed by atoms with van der Waals surface area (Å²) in [5.74, 6) is 0.877. The van der Waals surface area contributed by atoms with Crippen LogP contribution in [0, 0.1) is 17.3 Å². The molecule has 0 N–H and O–H groups in total. The summed E-state index contributed by atoms with van der Waals surface area (Å²) in [4.78, 5) is 51.1. The van der Waals surface area contributed by atoms with Gasteiger partial charge >= 0.3 is 0 Å². The van der Waals surface area contributed by atoms with Gasteiger partial charge in [-0.3, -0.25) is 19.2 Å². The van der Waals surface area contributed by atoms with Crippen LogP contribution in [0.2, 0.25) is 0 Å². The second kappa shape index (κ2) is 10.4. The molecule has 2 aliphatic carbocycles. The summed E-state index contributed by atoms with van der Waals surface area (Å²) in [6, 6.07) is 25.7. The predicted octanol–water partition coefficient (Wildman–Crippen LogP) is 8.65. The Labute approximate surface area is 257 Å². The molecule has 0 aliphatic heterocycles. The number of ether oxygens (including phenoxy) is 2. The molecule has 1 unspecified atom stereocenters. The summed E-state index contributed by atoms with van der Waals surface area (Å²) < 4.78 is 12.4. The van der Waals surface area contributed by atoms with E-state index in [1.807, 2.05) is 62.4 Å². The summed E-state index contributed by atoms with van der Waals surface area (Å²) in [7, 11) is 0. The minimum Gasteiger partial charge on any atom is -0.457 e. The van der Waals surface area contributed by atoms with E-state index in [0.29, 0.717) is 45.3 Å². The van der Waals surface area contributed by atoms with E-state index in [-0.39, 0.29) is 29.1 Å². The molecule has 2 aliphatic rings. The molecular weight excluding hydrogens is 552 g/mol. The van der Waals surface area contributed by atoms with Crippen LogP contribution in [0.3, 0.4) is 0 Å². The molecule has 6 heteroatoms.